The zero-order valence-corrected chi connectivity index (χ0v) is 14.4. The zero-order chi connectivity index (χ0) is 18.1. The highest BCUT2D eigenvalue weighted by atomic mass is 16.5. The number of hydrogen-bond donors (Lipinski definition) is 1. The Hall–Kier alpha value is -3.15. The normalized spacial score (nSPS) is 16.0. The molecule has 1 aliphatic heterocycles. The molecule has 0 spiro atoms. The molecule has 2 aromatic carbocycles. The molecule has 6 nitrogen and oxygen atoms in total. The molecule has 0 fully saturated rings. The fourth-order valence-corrected chi connectivity index (χ4v) is 3.40. The molecule has 0 aliphatic carbocycles. The van der Waals surface area contributed by atoms with E-state index in [4.69, 9.17) is 4.74 Å². The van der Waals surface area contributed by atoms with Gasteiger partial charge in [-0.3, -0.25) is 9.59 Å². The highest BCUT2D eigenvalue weighted by Gasteiger charge is 2.23. The molecule has 1 amide bonds. The molecule has 0 radical (unpaired) electrons. The van der Waals surface area contributed by atoms with Crippen molar-refractivity contribution in [3.63, 3.8) is 0 Å². The van der Waals surface area contributed by atoms with Gasteiger partial charge < -0.3 is 10.1 Å². The van der Waals surface area contributed by atoms with Crippen molar-refractivity contribution >= 4 is 16.7 Å². The molecule has 26 heavy (non-hydrogen) atoms. The summed E-state index contributed by atoms with van der Waals surface area (Å²) >= 11 is 0. The van der Waals surface area contributed by atoms with Gasteiger partial charge in [-0.2, -0.15) is 5.10 Å². The van der Waals surface area contributed by atoms with Crippen LogP contribution in [-0.4, -0.2) is 22.3 Å². The number of rotatable bonds is 3. The van der Waals surface area contributed by atoms with E-state index in [-0.39, 0.29) is 23.9 Å². The molecule has 3 aromatic rings. The minimum atomic E-state index is -0.164. The predicted molar refractivity (Wildman–Crippen MR) is 98.1 cm³/mol. The minimum Gasteiger partial charge on any atom is -0.493 e. The second-order valence-electron chi connectivity index (χ2n) is 6.39. The standard InChI is InChI=1S/C20H19N3O3/c1-23-20(25)14-7-3-2-6-13(14)17(22-23)12-19(24)21-16-10-11-26-18-9-5-4-8-15(16)18/h2-9,16H,10-12H2,1H3,(H,21,24). The Morgan fingerprint density at radius 2 is 1.92 bits per heavy atom. The van der Waals surface area contributed by atoms with Gasteiger partial charge in [0.15, 0.2) is 0 Å². The third-order valence-corrected chi connectivity index (χ3v) is 4.65. The molecule has 132 valence electrons. The molecule has 2 heterocycles. The second-order valence-corrected chi connectivity index (χ2v) is 6.39. The Morgan fingerprint density at radius 1 is 1.19 bits per heavy atom. The van der Waals surface area contributed by atoms with Crippen LogP contribution in [0.1, 0.15) is 23.7 Å². The number of benzene rings is 2. The van der Waals surface area contributed by atoms with Gasteiger partial charge in [-0.25, -0.2) is 4.68 Å². The smallest absolute Gasteiger partial charge is 0.274 e. The lowest BCUT2D eigenvalue weighted by Gasteiger charge is -2.26. The van der Waals surface area contributed by atoms with E-state index in [9.17, 15) is 9.59 Å². The molecule has 1 aromatic heterocycles. The number of carbonyl (C=O) groups excluding carboxylic acids is 1. The molecular weight excluding hydrogens is 330 g/mol. The van der Waals surface area contributed by atoms with Crippen LogP contribution in [0, 0.1) is 0 Å². The maximum absolute atomic E-state index is 12.7. The third kappa shape index (κ3) is 2.94. The first-order valence-electron chi connectivity index (χ1n) is 8.59. The molecule has 0 bridgehead atoms. The van der Waals surface area contributed by atoms with Gasteiger partial charge in [-0.15, -0.1) is 0 Å². The van der Waals surface area contributed by atoms with Crippen LogP contribution in [0.4, 0.5) is 0 Å². The lowest BCUT2D eigenvalue weighted by Crippen LogP contribution is -2.34. The molecule has 4 rings (SSSR count). The fourth-order valence-electron chi connectivity index (χ4n) is 3.40. The number of aromatic nitrogens is 2. The molecular formula is C20H19N3O3. The Morgan fingerprint density at radius 3 is 2.77 bits per heavy atom. The Labute approximate surface area is 150 Å². The Balaban J connectivity index is 1.60. The van der Waals surface area contributed by atoms with Crippen molar-refractivity contribution in [1.82, 2.24) is 15.1 Å². The molecule has 6 heteroatoms. The van der Waals surface area contributed by atoms with Crippen LogP contribution in [-0.2, 0) is 18.3 Å². The number of amides is 1. The molecule has 1 N–H and O–H groups in total. The highest BCUT2D eigenvalue weighted by Crippen LogP contribution is 2.31. The van der Waals surface area contributed by atoms with Crippen molar-refractivity contribution in [2.24, 2.45) is 7.05 Å². The number of hydrogen-bond acceptors (Lipinski definition) is 4. The second kappa shape index (κ2) is 6.63. The van der Waals surface area contributed by atoms with Crippen molar-refractivity contribution < 1.29 is 9.53 Å². The van der Waals surface area contributed by atoms with Crippen molar-refractivity contribution in [3.05, 3.63) is 70.1 Å². The molecule has 0 saturated carbocycles. The van der Waals surface area contributed by atoms with Gasteiger partial charge in [0.1, 0.15) is 5.75 Å². The van der Waals surface area contributed by atoms with Gasteiger partial charge in [0.25, 0.3) is 5.56 Å². The minimum absolute atomic E-state index is 0.0776. The van der Waals surface area contributed by atoms with E-state index in [1.165, 1.54) is 4.68 Å². The van der Waals surface area contributed by atoms with E-state index in [1.54, 1.807) is 13.1 Å². The number of para-hydroxylation sites is 1. The summed E-state index contributed by atoms with van der Waals surface area (Å²) in [6, 6.07) is 14.9. The predicted octanol–water partition coefficient (Wildman–Crippen LogP) is 2.12. The van der Waals surface area contributed by atoms with Gasteiger partial charge >= 0.3 is 0 Å². The first-order valence-corrected chi connectivity index (χ1v) is 8.59. The van der Waals surface area contributed by atoms with E-state index in [1.807, 2.05) is 42.5 Å². The van der Waals surface area contributed by atoms with Crippen LogP contribution in [0.5, 0.6) is 5.75 Å². The largest absolute Gasteiger partial charge is 0.493 e. The first kappa shape index (κ1) is 16.3. The number of fused-ring (bicyclic) bond motifs is 2. The first-order chi connectivity index (χ1) is 12.6. The quantitative estimate of drug-likeness (QED) is 0.786. The Bertz CT molecular complexity index is 1040. The van der Waals surface area contributed by atoms with Crippen LogP contribution in [0.3, 0.4) is 0 Å². The molecule has 1 atom stereocenters. The lowest BCUT2D eigenvalue weighted by atomic mass is 10.00. The van der Waals surface area contributed by atoms with E-state index < -0.39 is 0 Å². The van der Waals surface area contributed by atoms with E-state index >= 15 is 0 Å². The summed E-state index contributed by atoms with van der Waals surface area (Å²) in [6.45, 7) is 0.572. The van der Waals surface area contributed by atoms with E-state index in [2.05, 4.69) is 10.4 Å². The third-order valence-electron chi connectivity index (χ3n) is 4.65. The van der Waals surface area contributed by atoms with Gasteiger partial charge in [0.2, 0.25) is 5.91 Å². The van der Waals surface area contributed by atoms with Gasteiger partial charge in [-0.05, 0) is 12.1 Å². The summed E-state index contributed by atoms with van der Waals surface area (Å²) in [6.07, 6.45) is 0.846. The average molecular weight is 349 g/mol. The summed E-state index contributed by atoms with van der Waals surface area (Å²) in [5, 5.41) is 8.67. The molecule has 1 unspecified atom stereocenters. The summed E-state index contributed by atoms with van der Waals surface area (Å²) in [5.74, 6) is 0.692. The lowest BCUT2D eigenvalue weighted by molar-refractivity contribution is -0.121. The summed E-state index contributed by atoms with van der Waals surface area (Å²) in [5.41, 5.74) is 1.43. The van der Waals surface area contributed by atoms with Crippen molar-refractivity contribution in [3.8, 4) is 5.75 Å². The van der Waals surface area contributed by atoms with Crippen LogP contribution >= 0.6 is 0 Å². The SMILES string of the molecule is Cn1nc(CC(=O)NC2CCOc3ccccc32)c2ccccc2c1=O. The summed E-state index contributed by atoms with van der Waals surface area (Å²) < 4.78 is 6.92. The maximum atomic E-state index is 12.7. The van der Waals surface area contributed by atoms with Crippen molar-refractivity contribution in [1.29, 1.82) is 0 Å². The number of ether oxygens (including phenoxy) is 1. The summed E-state index contributed by atoms with van der Waals surface area (Å²) in [7, 11) is 1.60. The number of carbonyl (C=O) groups is 1. The Kier molecular flexibility index (Phi) is 4.16. The average Bonchev–Trinajstić information content (AvgIpc) is 2.66. The van der Waals surface area contributed by atoms with E-state index in [0.29, 0.717) is 17.7 Å². The van der Waals surface area contributed by atoms with Crippen molar-refractivity contribution in [2.45, 2.75) is 18.9 Å². The topological polar surface area (TPSA) is 73.2 Å². The number of nitrogens with one attached hydrogen (secondary N) is 1. The highest BCUT2D eigenvalue weighted by molar-refractivity contribution is 5.88. The number of nitrogens with zero attached hydrogens (tertiary/aromatic N) is 2. The molecule has 1 aliphatic rings. The van der Waals surface area contributed by atoms with Gasteiger partial charge in [0.05, 0.1) is 30.1 Å². The van der Waals surface area contributed by atoms with Crippen molar-refractivity contribution in [2.75, 3.05) is 6.61 Å². The maximum Gasteiger partial charge on any atom is 0.274 e. The van der Waals surface area contributed by atoms with Crippen LogP contribution < -0.4 is 15.6 Å². The summed E-state index contributed by atoms with van der Waals surface area (Å²) in [4.78, 5) is 24.9. The molecule has 0 saturated heterocycles. The van der Waals surface area contributed by atoms with Gasteiger partial charge in [-0.1, -0.05) is 36.4 Å². The monoisotopic (exact) mass is 349 g/mol. The fraction of sp³-hybridized carbons (Fsp3) is 0.250. The van der Waals surface area contributed by atoms with Crippen LogP contribution in [0.25, 0.3) is 10.8 Å². The van der Waals surface area contributed by atoms with Crippen LogP contribution in [0.15, 0.2) is 53.3 Å². The van der Waals surface area contributed by atoms with Crippen LogP contribution in [0.2, 0.25) is 0 Å². The number of aryl methyl sites for hydroxylation is 1. The van der Waals surface area contributed by atoms with E-state index in [0.717, 1.165) is 23.1 Å². The zero-order valence-electron chi connectivity index (χ0n) is 14.4. The van der Waals surface area contributed by atoms with Gasteiger partial charge in [0, 0.05) is 24.4 Å².